The molecule has 4 nitrogen and oxygen atoms in total. The number of hydrogen-bond donors (Lipinski definition) is 2. The van der Waals surface area contributed by atoms with Gasteiger partial charge in [-0.2, -0.15) is 0 Å². The fourth-order valence-corrected chi connectivity index (χ4v) is 1.70. The second kappa shape index (κ2) is 8.08. The number of ether oxygens (including phenoxy) is 1. The first-order valence-corrected chi connectivity index (χ1v) is 6.36. The summed E-state index contributed by atoms with van der Waals surface area (Å²) in [6.07, 6.45) is -0.544. The Labute approximate surface area is 109 Å². The molecule has 1 atom stereocenters. The number of benzene rings is 1. The molecule has 0 amide bonds. The van der Waals surface area contributed by atoms with Crippen LogP contribution < -0.4 is 4.74 Å². The van der Waals surface area contributed by atoms with Crippen LogP contribution in [0.15, 0.2) is 24.3 Å². The first kappa shape index (κ1) is 15.0. The molecule has 0 aromatic heterocycles. The van der Waals surface area contributed by atoms with Gasteiger partial charge in [-0.1, -0.05) is 24.6 Å². The lowest BCUT2D eigenvalue weighted by molar-refractivity contribution is 0.0638. The van der Waals surface area contributed by atoms with Crippen molar-refractivity contribution in [3.63, 3.8) is 0 Å². The first-order valence-electron chi connectivity index (χ1n) is 6.36. The molecule has 1 unspecified atom stereocenters. The van der Waals surface area contributed by atoms with E-state index in [1.165, 1.54) is 5.56 Å². The maximum absolute atomic E-state index is 9.84. The summed E-state index contributed by atoms with van der Waals surface area (Å²) in [7, 11) is 0. The van der Waals surface area contributed by atoms with Crippen molar-refractivity contribution < 1.29 is 14.9 Å². The van der Waals surface area contributed by atoms with Crippen molar-refractivity contribution in [2.24, 2.45) is 0 Å². The summed E-state index contributed by atoms with van der Waals surface area (Å²) < 4.78 is 5.51. The molecule has 0 heterocycles. The third-order valence-electron chi connectivity index (χ3n) is 2.80. The lowest BCUT2D eigenvalue weighted by atomic mass is 10.2. The third-order valence-corrected chi connectivity index (χ3v) is 2.80. The van der Waals surface area contributed by atoms with Gasteiger partial charge in [0.05, 0.1) is 6.61 Å². The highest BCUT2D eigenvalue weighted by atomic mass is 16.5. The summed E-state index contributed by atoms with van der Waals surface area (Å²) in [4.78, 5) is 1.99. The predicted molar refractivity (Wildman–Crippen MR) is 71.9 cm³/mol. The minimum absolute atomic E-state index is 0.110. The predicted octanol–water partition coefficient (Wildman–Crippen LogP) is 1.05. The largest absolute Gasteiger partial charge is 0.491 e. The fraction of sp³-hybridized carbons (Fsp3) is 0.571. The number of aliphatic hydroxyl groups is 2. The van der Waals surface area contributed by atoms with E-state index in [1.807, 2.05) is 43.0 Å². The quantitative estimate of drug-likeness (QED) is 0.727. The molecule has 0 fully saturated rings. The summed E-state index contributed by atoms with van der Waals surface area (Å²) in [5.74, 6) is 0.768. The van der Waals surface area contributed by atoms with Gasteiger partial charge in [-0.15, -0.1) is 0 Å². The van der Waals surface area contributed by atoms with Gasteiger partial charge in [0.1, 0.15) is 18.5 Å². The van der Waals surface area contributed by atoms with Crippen LogP contribution in [0.5, 0.6) is 5.75 Å². The molecule has 0 aliphatic heterocycles. The topological polar surface area (TPSA) is 52.9 Å². The molecule has 102 valence electrons. The van der Waals surface area contributed by atoms with Crippen LogP contribution >= 0.6 is 0 Å². The molecule has 1 aromatic rings. The van der Waals surface area contributed by atoms with Gasteiger partial charge in [0, 0.05) is 13.1 Å². The van der Waals surface area contributed by atoms with Gasteiger partial charge in [0.15, 0.2) is 0 Å². The van der Waals surface area contributed by atoms with Crippen molar-refractivity contribution in [3.05, 3.63) is 29.8 Å². The van der Waals surface area contributed by atoms with E-state index < -0.39 is 6.10 Å². The Kier molecular flexibility index (Phi) is 6.72. The van der Waals surface area contributed by atoms with E-state index in [2.05, 4.69) is 0 Å². The van der Waals surface area contributed by atoms with Crippen molar-refractivity contribution in [3.8, 4) is 5.75 Å². The molecule has 1 rings (SSSR count). The van der Waals surface area contributed by atoms with Gasteiger partial charge in [0.25, 0.3) is 0 Å². The standard InChI is InChI=1S/C14H23NO3/c1-3-15(8-9-16)10-13(17)11-18-14-6-4-12(2)5-7-14/h4-7,13,16-17H,3,8-11H2,1-2H3. The smallest absolute Gasteiger partial charge is 0.119 e. The van der Waals surface area contributed by atoms with Crippen molar-refractivity contribution in [1.82, 2.24) is 4.90 Å². The van der Waals surface area contributed by atoms with Gasteiger partial charge in [-0.3, -0.25) is 4.90 Å². The first-order chi connectivity index (χ1) is 8.65. The van der Waals surface area contributed by atoms with E-state index in [1.54, 1.807) is 0 Å². The summed E-state index contributed by atoms with van der Waals surface area (Å²) in [5.41, 5.74) is 1.18. The van der Waals surface area contributed by atoms with Gasteiger partial charge in [0.2, 0.25) is 0 Å². The second-order valence-electron chi connectivity index (χ2n) is 4.39. The zero-order chi connectivity index (χ0) is 13.4. The molecular formula is C14H23NO3. The molecule has 0 radical (unpaired) electrons. The Morgan fingerprint density at radius 1 is 1.28 bits per heavy atom. The maximum atomic E-state index is 9.84. The monoisotopic (exact) mass is 253 g/mol. The Morgan fingerprint density at radius 3 is 2.50 bits per heavy atom. The fourth-order valence-electron chi connectivity index (χ4n) is 1.70. The number of hydrogen-bond acceptors (Lipinski definition) is 4. The molecule has 0 bridgehead atoms. The number of aryl methyl sites for hydroxylation is 1. The van der Waals surface area contributed by atoms with Crippen LogP contribution in [-0.4, -0.2) is 54.1 Å². The lowest BCUT2D eigenvalue weighted by Crippen LogP contribution is -2.37. The van der Waals surface area contributed by atoms with E-state index in [9.17, 15) is 5.11 Å². The number of aliphatic hydroxyl groups excluding tert-OH is 2. The van der Waals surface area contributed by atoms with E-state index in [0.717, 1.165) is 12.3 Å². The van der Waals surface area contributed by atoms with Crippen molar-refractivity contribution in [2.45, 2.75) is 20.0 Å². The average Bonchev–Trinajstić information content (AvgIpc) is 2.37. The normalized spacial score (nSPS) is 12.7. The molecule has 0 aliphatic rings. The van der Waals surface area contributed by atoms with Crippen molar-refractivity contribution in [2.75, 3.05) is 32.8 Å². The third kappa shape index (κ3) is 5.49. The van der Waals surface area contributed by atoms with Crippen LogP contribution in [0, 0.1) is 6.92 Å². The van der Waals surface area contributed by atoms with Crippen LogP contribution in [0.3, 0.4) is 0 Å². The number of likely N-dealkylation sites (N-methyl/N-ethyl adjacent to an activating group) is 1. The van der Waals surface area contributed by atoms with E-state index >= 15 is 0 Å². The highest BCUT2D eigenvalue weighted by Crippen LogP contribution is 2.11. The Hall–Kier alpha value is -1.10. The van der Waals surface area contributed by atoms with E-state index in [-0.39, 0.29) is 13.2 Å². The van der Waals surface area contributed by atoms with Crippen molar-refractivity contribution in [1.29, 1.82) is 0 Å². The molecule has 0 saturated heterocycles. The average molecular weight is 253 g/mol. The van der Waals surface area contributed by atoms with Crippen LogP contribution in [0.2, 0.25) is 0 Å². The van der Waals surface area contributed by atoms with Gasteiger partial charge < -0.3 is 14.9 Å². The SMILES string of the molecule is CCN(CCO)CC(O)COc1ccc(C)cc1. The number of rotatable bonds is 8. The van der Waals surface area contributed by atoms with Gasteiger partial charge in [-0.25, -0.2) is 0 Å². The summed E-state index contributed by atoms with van der Waals surface area (Å²) in [5, 5.41) is 18.7. The zero-order valence-electron chi connectivity index (χ0n) is 11.2. The molecule has 0 saturated carbocycles. The highest BCUT2D eigenvalue weighted by Gasteiger charge is 2.10. The number of nitrogens with zero attached hydrogens (tertiary/aromatic N) is 1. The molecule has 1 aromatic carbocycles. The lowest BCUT2D eigenvalue weighted by Gasteiger charge is -2.22. The van der Waals surface area contributed by atoms with Crippen LogP contribution in [0.1, 0.15) is 12.5 Å². The molecule has 4 heteroatoms. The van der Waals surface area contributed by atoms with Gasteiger partial charge >= 0.3 is 0 Å². The summed E-state index contributed by atoms with van der Waals surface area (Å²) in [6.45, 7) is 6.31. The molecule has 18 heavy (non-hydrogen) atoms. The molecule has 2 N–H and O–H groups in total. The minimum Gasteiger partial charge on any atom is -0.491 e. The second-order valence-corrected chi connectivity index (χ2v) is 4.39. The molecule has 0 aliphatic carbocycles. The Bertz CT molecular complexity index is 326. The Balaban J connectivity index is 2.31. The highest BCUT2D eigenvalue weighted by molar-refractivity contribution is 5.26. The molecule has 0 spiro atoms. The minimum atomic E-state index is -0.544. The van der Waals surface area contributed by atoms with Crippen LogP contribution in [-0.2, 0) is 0 Å². The van der Waals surface area contributed by atoms with Crippen LogP contribution in [0.25, 0.3) is 0 Å². The molecular weight excluding hydrogens is 230 g/mol. The summed E-state index contributed by atoms with van der Waals surface area (Å²) >= 11 is 0. The summed E-state index contributed by atoms with van der Waals surface area (Å²) in [6, 6.07) is 7.75. The van der Waals surface area contributed by atoms with Gasteiger partial charge in [-0.05, 0) is 25.6 Å². The van der Waals surface area contributed by atoms with E-state index in [4.69, 9.17) is 9.84 Å². The van der Waals surface area contributed by atoms with Crippen molar-refractivity contribution >= 4 is 0 Å². The van der Waals surface area contributed by atoms with Crippen LogP contribution in [0.4, 0.5) is 0 Å². The maximum Gasteiger partial charge on any atom is 0.119 e. The van der Waals surface area contributed by atoms with E-state index in [0.29, 0.717) is 13.1 Å². The Morgan fingerprint density at radius 2 is 1.94 bits per heavy atom. The zero-order valence-corrected chi connectivity index (χ0v) is 11.2.